The van der Waals surface area contributed by atoms with Crippen LogP contribution in [0.1, 0.15) is 11.1 Å². The predicted octanol–water partition coefficient (Wildman–Crippen LogP) is 3.80. The molecule has 13 heavy (non-hydrogen) atoms. The molecule has 0 fully saturated rings. The molecule has 0 radical (unpaired) electrons. The Balaban J connectivity index is 3.09. The highest BCUT2D eigenvalue weighted by Gasteiger charge is 2.08. The second kappa shape index (κ2) is 5.05. The summed E-state index contributed by atoms with van der Waals surface area (Å²) in [5.74, 6) is -1.56. The summed E-state index contributed by atoms with van der Waals surface area (Å²) in [6.07, 6.45) is 0.706. The molecule has 0 aliphatic rings. The van der Waals surface area contributed by atoms with Crippen LogP contribution < -0.4 is 0 Å². The van der Waals surface area contributed by atoms with Crippen LogP contribution in [0, 0.1) is 11.6 Å². The Morgan fingerprint density at radius 2 is 1.54 bits per heavy atom. The van der Waals surface area contributed by atoms with Crippen molar-refractivity contribution in [3.63, 3.8) is 0 Å². The summed E-state index contributed by atoms with van der Waals surface area (Å²) in [6, 6.07) is 2.50. The SMILES string of the molecule is Fc1cc(CBr)c(CCBr)cc1F. The number of hydrogen-bond acceptors (Lipinski definition) is 0. The first kappa shape index (κ1) is 11.1. The van der Waals surface area contributed by atoms with E-state index in [0.29, 0.717) is 11.8 Å². The number of aryl methyl sites for hydroxylation is 1. The Hall–Kier alpha value is 0.0400. The van der Waals surface area contributed by atoms with Gasteiger partial charge in [0.1, 0.15) is 0 Å². The molecule has 72 valence electrons. The fourth-order valence-electron chi connectivity index (χ4n) is 1.09. The minimum Gasteiger partial charge on any atom is -0.204 e. The zero-order valence-corrected chi connectivity index (χ0v) is 9.96. The van der Waals surface area contributed by atoms with Gasteiger partial charge in [-0.25, -0.2) is 8.78 Å². The fraction of sp³-hybridized carbons (Fsp3) is 0.333. The average Bonchev–Trinajstić information content (AvgIpc) is 2.11. The van der Waals surface area contributed by atoms with E-state index in [1.54, 1.807) is 0 Å². The maximum Gasteiger partial charge on any atom is 0.159 e. The molecule has 0 bridgehead atoms. The Labute approximate surface area is 92.6 Å². The van der Waals surface area contributed by atoms with Gasteiger partial charge >= 0.3 is 0 Å². The molecular formula is C9H8Br2F2. The van der Waals surface area contributed by atoms with Crippen LogP contribution >= 0.6 is 31.9 Å². The molecule has 0 saturated heterocycles. The molecule has 1 aromatic carbocycles. The van der Waals surface area contributed by atoms with Gasteiger partial charge in [-0.1, -0.05) is 31.9 Å². The highest BCUT2D eigenvalue weighted by atomic mass is 79.9. The van der Waals surface area contributed by atoms with E-state index in [2.05, 4.69) is 31.9 Å². The Morgan fingerprint density at radius 1 is 1.00 bits per heavy atom. The zero-order chi connectivity index (χ0) is 9.84. The summed E-state index contributed by atoms with van der Waals surface area (Å²) < 4.78 is 25.6. The molecule has 1 aromatic rings. The minimum atomic E-state index is -0.784. The van der Waals surface area contributed by atoms with Gasteiger partial charge in [0.25, 0.3) is 0 Å². The van der Waals surface area contributed by atoms with Gasteiger partial charge in [0, 0.05) is 10.7 Å². The molecule has 1 rings (SSSR count). The van der Waals surface area contributed by atoms with Crippen molar-refractivity contribution in [2.75, 3.05) is 5.33 Å². The summed E-state index contributed by atoms with van der Waals surface area (Å²) in [5, 5.41) is 1.30. The van der Waals surface area contributed by atoms with Crippen molar-refractivity contribution in [3.05, 3.63) is 34.9 Å². The highest BCUT2D eigenvalue weighted by molar-refractivity contribution is 9.09. The van der Waals surface area contributed by atoms with Crippen LogP contribution in [0.3, 0.4) is 0 Å². The molecule has 0 aliphatic carbocycles. The van der Waals surface area contributed by atoms with Gasteiger partial charge in [0.15, 0.2) is 11.6 Å². The third kappa shape index (κ3) is 2.74. The topological polar surface area (TPSA) is 0 Å². The fourth-order valence-corrected chi connectivity index (χ4v) is 2.04. The van der Waals surface area contributed by atoms with Crippen LogP contribution in [0.4, 0.5) is 8.78 Å². The second-order valence-electron chi connectivity index (χ2n) is 2.61. The van der Waals surface area contributed by atoms with Crippen LogP contribution in [-0.2, 0) is 11.8 Å². The number of benzene rings is 1. The molecule has 0 amide bonds. The first-order valence-corrected chi connectivity index (χ1v) is 6.02. The lowest BCUT2D eigenvalue weighted by Crippen LogP contribution is -1.97. The van der Waals surface area contributed by atoms with Gasteiger partial charge < -0.3 is 0 Å². The van der Waals surface area contributed by atoms with Gasteiger partial charge in [0.05, 0.1) is 0 Å². The van der Waals surface area contributed by atoms with Crippen molar-refractivity contribution in [3.8, 4) is 0 Å². The molecule has 0 aliphatic heterocycles. The van der Waals surface area contributed by atoms with Gasteiger partial charge in [-0.05, 0) is 29.7 Å². The summed E-state index contributed by atoms with van der Waals surface area (Å²) in [6.45, 7) is 0. The van der Waals surface area contributed by atoms with E-state index in [1.807, 2.05) is 0 Å². The smallest absolute Gasteiger partial charge is 0.159 e. The molecule has 0 atom stereocenters. The quantitative estimate of drug-likeness (QED) is 0.745. The first-order chi connectivity index (χ1) is 6.19. The average molecular weight is 314 g/mol. The molecule has 0 N–H and O–H groups in total. The molecule has 0 nitrogen and oxygen atoms in total. The van der Waals surface area contributed by atoms with E-state index in [4.69, 9.17) is 0 Å². The number of halogens is 4. The molecule has 0 aromatic heterocycles. The van der Waals surface area contributed by atoms with Crippen LogP contribution in [-0.4, -0.2) is 5.33 Å². The maximum atomic E-state index is 12.8. The van der Waals surface area contributed by atoms with E-state index in [-0.39, 0.29) is 0 Å². The molecule has 0 heterocycles. The Bertz CT molecular complexity index is 300. The van der Waals surface area contributed by atoms with Gasteiger partial charge in [-0.3, -0.25) is 0 Å². The standard InChI is InChI=1S/C9H8Br2F2/c10-2-1-6-3-8(12)9(13)4-7(6)5-11/h3-4H,1-2,5H2. The Kier molecular flexibility index (Phi) is 4.32. The lowest BCUT2D eigenvalue weighted by molar-refractivity contribution is 0.506. The lowest BCUT2D eigenvalue weighted by atomic mass is 10.1. The summed E-state index contributed by atoms with van der Waals surface area (Å²) in [4.78, 5) is 0. The monoisotopic (exact) mass is 312 g/mol. The first-order valence-electron chi connectivity index (χ1n) is 3.77. The molecule has 0 saturated carbocycles. The zero-order valence-electron chi connectivity index (χ0n) is 6.79. The summed E-state index contributed by atoms with van der Waals surface area (Å²) >= 11 is 6.49. The van der Waals surface area contributed by atoms with E-state index in [0.717, 1.165) is 16.5 Å². The number of alkyl halides is 2. The Morgan fingerprint density at radius 3 is 2.00 bits per heavy atom. The van der Waals surface area contributed by atoms with Crippen molar-refractivity contribution in [1.29, 1.82) is 0 Å². The van der Waals surface area contributed by atoms with Crippen molar-refractivity contribution < 1.29 is 8.78 Å². The van der Waals surface area contributed by atoms with Gasteiger partial charge in [-0.2, -0.15) is 0 Å². The molecular weight excluding hydrogens is 306 g/mol. The van der Waals surface area contributed by atoms with Crippen LogP contribution in [0.2, 0.25) is 0 Å². The number of hydrogen-bond donors (Lipinski definition) is 0. The normalized spacial score (nSPS) is 10.5. The van der Waals surface area contributed by atoms with Gasteiger partial charge in [0.2, 0.25) is 0 Å². The van der Waals surface area contributed by atoms with Crippen LogP contribution in [0.25, 0.3) is 0 Å². The molecule has 0 unspecified atom stereocenters. The third-order valence-corrected chi connectivity index (χ3v) is 2.75. The third-order valence-electron chi connectivity index (χ3n) is 1.75. The van der Waals surface area contributed by atoms with E-state index in [9.17, 15) is 8.78 Å². The van der Waals surface area contributed by atoms with Crippen LogP contribution in [0.15, 0.2) is 12.1 Å². The molecule has 0 spiro atoms. The van der Waals surface area contributed by atoms with Crippen molar-refractivity contribution >= 4 is 31.9 Å². The van der Waals surface area contributed by atoms with E-state index in [1.165, 1.54) is 12.1 Å². The maximum absolute atomic E-state index is 12.8. The van der Waals surface area contributed by atoms with E-state index < -0.39 is 11.6 Å². The minimum absolute atomic E-state index is 0.548. The van der Waals surface area contributed by atoms with E-state index >= 15 is 0 Å². The van der Waals surface area contributed by atoms with Crippen molar-refractivity contribution in [2.24, 2.45) is 0 Å². The summed E-state index contributed by atoms with van der Waals surface area (Å²) in [7, 11) is 0. The second-order valence-corrected chi connectivity index (χ2v) is 3.96. The largest absolute Gasteiger partial charge is 0.204 e. The lowest BCUT2D eigenvalue weighted by Gasteiger charge is -2.06. The summed E-state index contributed by atoms with van der Waals surface area (Å²) in [5.41, 5.74) is 1.64. The van der Waals surface area contributed by atoms with Crippen molar-refractivity contribution in [2.45, 2.75) is 11.8 Å². The van der Waals surface area contributed by atoms with Gasteiger partial charge in [-0.15, -0.1) is 0 Å². The van der Waals surface area contributed by atoms with Crippen LogP contribution in [0.5, 0.6) is 0 Å². The number of rotatable bonds is 3. The molecule has 4 heteroatoms. The predicted molar refractivity (Wildman–Crippen MR) is 56.5 cm³/mol. The highest BCUT2D eigenvalue weighted by Crippen LogP contribution is 2.18. The van der Waals surface area contributed by atoms with Crippen molar-refractivity contribution in [1.82, 2.24) is 0 Å².